The number of methoxy groups -OCH3 is 1. The zero-order valence-corrected chi connectivity index (χ0v) is 16.4. The Labute approximate surface area is 168 Å². The van der Waals surface area contributed by atoms with E-state index in [2.05, 4.69) is 15.3 Å². The second kappa shape index (κ2) is 7.50. The first-order valence-electron chi connectivity index (χ1n) is 8.78. The Balaban J connectivity index is 1.93. The summed E-state index contributed by atoms with van der Waals surface area (Å²) in [4.78, 5) is 34.5. The average molecular weight is 419 g/mol. The number of likely N-dealkylation sites (N-methyl/N-ethyl adjacent to an activating group) is 1. The number of anilines is 1. The van der Waals surface area contributed by atoms with Crippen molar-refractivity contribution in [2.24, 2.45) is 0 Å². The van der Waals surface area contributed by atoms with Gasteiger partial charge in [-0.3, -0.25) is 9.36 Å². The molecular weight excluding hydrogens is 401 g/mol. The molecule has 4 rings (SSSR count). The molecular formula is C18H18FN5O4S. The number of aromatic carboxylic acids is 1. The number of carbonyl (C=O) groups is 1. The molecule has 0 aliphatic carbocycles. The van der Waals surface area contributed by atoms with Gasteiger partial charge in [-0.1, -0.05) is 0 Å². The number of nitrogens with zero attached hydrogens (tertiary/aromatic N) is 4. The minimum atomic E-state index is -1.40. The summed E-state index contributed by atoms with van der Waals surface area (Å²) in [5.74, 6) is -2.02. The van der Waals surface area contributed by atoms with Crippen LogP contribution in [0.3, 0.4) is 0 Å². The SMILES string of the molecule is CN[C@H]1CN(c2nc3c(cc2F)c(=O)c(C(=O)O)cn3-c2nccs2)C[C@@H]1OC. The minimum absolute atomic E-state index is 0.00700. The fourth-order valence-electron chi connectivity index (χ4n) is 3.53. The van der Waals surface area contributed by atoms with Gasteiger partial charge in [-0.2, -0.15) is 0 Å². The summed E-state index contributed by atoms with van der Waals surface area (Å²) in [6.07, 6.45) is 2.59. The van der Waals surface area contributed by atoms with Crippen molar-refractivity contribution in [2.75, 3.05) is 32.1 Å². The van der Waals surface area contributed by atoms with Crippen LogP contribution in [0.2, 0.25) is 0 Å². The molecule has 11 heteroatoms. The number of fused-ring (bicyclic) bond motifs is 1. The first-order valence-corrected chi connectivity index (χ1v) is 9.66. The predicted octanol–water partition coefficient (Wildman–Crippen LogP) is 1.10. The molecule has 0 aromatic carbocycles. The van der Waals surface area contributed by atoms with E-state index in [-0.39, 0.29) is 29.0 Å². The van der Waals surface area contributed by atoms with Crippen molar-refractivity contribution in [3.05, 3.63) is 45.4 Å². The van der Waals surface area contributed by atoms with E-state index in [0.717, 1.165) is 6.07 Å². The van der Waals surface area contributed by atoms with Crippen LogP contribution < -0.4 is 15.6 Å². The average Bonchev–Trinajstić information content (AvgIpc) is 3.37. The van der Waals surface area contributed by atoms with Gasteiger partial charge in [0, 0.05) is 38.0 Å². The summed E-state index contributed by atoms with van der Waals surface area (Å²) >= 11 is 1.25. The van der Waals surface area contributed by atoms with Crippen molar-refractivity contribution in [3.8, 4) is 5.13 Å². The van der Waals surface area contributed by atoms with E-state index in [0.29, 0.717) is 18.2 Å². The Bertz CT molecular complexity index is 1120. The van der Waals surface area contributed by atoms with E-state index in [1.807, 2.05) is 0 Å². The first kappa shape index (κ1) is 19.4. The van der Waals surface area contributed by atoms with Crippen LogP contribution in [-0.2, 0) is 4.74 Å². The van der Waals surface area contributed by atoms with Crippen LogP contribution in [-0.4, -0.2) is 65.0 Å². The second-order valence-corrected chi connectivity index (χ2v) is 7.47. The second-order valence-electron chi connectivity index (χ2n) is 6.60. The first-order chi connectivity index (χ1) is 13.9. The molecule has 3 aromatic heterocycles. The molecule has 0 amide bonds. The third-order valence-corrected chi connectivity index (χ3v) is 5.78. The predicted molar refractivity (Wildman–Crippen MR) is 106 cm³/mol. The highest BCUT2D eigenvalue weighted by molar-refractivity contribution is 7.12. The van der Waals surface area contributed by atoms with Crippen molar-refractivity contribution in [1.82, 2.24) is 19.9 Å². The molecule has 3 aromatic rings. The molecule has 1 aliphatic rings. The lowest BCUT2D eigenvalue weighted by molar-refractivity contribution is 0.0695. The van der Waals surface area contributed by atoms with Gasteiger partial charge in [0.2, 0.25) is 5.43 Å². The molecule has 4 heterocycles. The zero-order chi connectivity index (χ0) is 20.7. The van der Waals surface area contributed by atoms with E-state index in [1.165, 1.54) is 22.1 Å². The molecule has 0 radical (unpaired) electrons. The Morgan fingerprint density at radius 2 is 2.24 bits per heavy atom. The summed E-state index contributed by atoms with van der Waals surface area (Å²) < 4.78 is 21.8. The van der Waals surface area contributed by atoms with E-state index in [1.54, 1.807) is 30.6 Å². The molecule has 29 heavy (non-hydrogen) atoms. The lowest BCUT2D eigenvalue weighted by Gasteiger charge is -2.19. The highest BCUT2D eigenvalue weighted by Gasteiger charge is 2.34. The van der Waals surface area contributed by atoms with E-state index in [4.69, 9.17) is 4.74 Å². The number of carboxylic acid groups (broad SMARTS) is 1. The molecule has 2 atom stereocenters. The number of carboxylic acids is 1. The molecule has 0 saturated carbocycles. The fraction of sp³-hybridized carbons (Fsp3) is 0.333. The fourth-order valence-corrected chi connectivity index (χ4v) is 4.15. The third-order valence-electron chi connectivity index (χ3n) is 5.01. The van der Waals surface area contributed by atoms with Gasteiger partial charge < -0.3 is 20.1 Å². The molecule has 1 aliphatic heterocycles. The molecule has 0 spiro atoms. The van der Waals surface area contributed by atoms with Crippen LogP contribution >= 0.6 is 11.3 Å². The number of hydrogen-bond donors (Lipinski definition) is 2. The Hall–Kier alpha value is -2.89. The lowest BCUT2D eigenvalue weighted by Crippen LogP contribution is -2.37. The number of aromatic nitrogens is 3. The van der Waals surface area contributed by atoms with Crippen molar-refractivity contribution < 1.29 is 19.0 Å². The zero-order valence-electron chi connectivity index (χ0n) is 15.6. The number of thiazole rings is 1. The van der Waals surface area contributed by atoms with Crippen molar-refractivity contribution in [2.45, 2.75) is 12.1 Å². The Morgan fingerprint density at radius 1 is 1.45 bits per heavy atom. The number of nitrogens with one attached hydrogen (secondary N) is 1. The van der Waals surface area contributed by atoms with Gasteiger partial charge in [0.15, 0.2) is 22.4 Å². The molecule has 0 unspecified atom stereocenters. The van der Waals surface area contributed by atoms with Crippen LogP contribution in [0, 0.1) is 5.82 Å². The van der Waals surface area contributed by atoms with Gasteiger partial charge in [0.25, 0.3) is 0 Å². The third kappa shape index (κ3) is 3.26. The van der Waals surface area contributed by atoms with Gasteiger partial charge in [-0.25, -0.2) is 19.2 Å². The maximum atomic E-state index is 14.9. The van der Waals surface area contributed by atoms with Crippen LogP contribution in [0.5, 0.6) is 0 Å². The maximum absolute atomic E-state index is 14.9. The summed E-state index contributed by atoms with van der Waals surface area (Å²) in [5.41, 5.74) is -1.12. The van der Waals surface area contributed by atoms with Gasteiger partial charge in [-0.05, 0) is 13.1 Å². The largest absolute Gasteiger partial charge is 0.477 e. The van der Waals surface area contributed by atoms with Gasteiger partial charge in [-0.15, -0.1) is 11.3 Å². The summed E-state index contributed by atoms with van der Waals surface area (Å²) in [5, 5.41) is 14.5. The van der Waals surface area contributed by atoms with Crippen LogP contribution in [0.25, 0.3) is 16.2 Å². The monoisotopic (exact) mass is 419 g/mol. The number of halogens is 1. The summed E-state index contributed by atoms with van der Waals surface area (Å²) in [6, 6.07) is 1.04. The molecule has 1 fully saturated rings. The van der Waals surface area contributed by atoms with Crippen LogP contribution in [0.4, 0.5) is 10.2 Å². The Morgan fingerprint density at radius 3 is 2.83 bits per heavy atom. The molecule has 2 N–H and O–H groups in total. The number of rotatable bonds is 5. The summed E-state index contributed by atoms with van der Waals surface area (Å²) in [7, 11) is 3.40. The highest BCUT2D eigenvalue weighted by atomic mass is 32.1. The Kier molecular flexibility index (Phi) is 5.03. The minimum Gasteiger partial charge on any atom is -0.477 e. The van der Waals surface area contributed by atoms with Crippen LogP contribution in [0.15, 0.2) is 28.6 Å². The topological polar surface area (TPSA) is 110 Å². The van der Waals surface area contributed by atoms with Gasteiger partial charge in [0.1, 0.15) is 5.56 Å². The van der Waals surface area contributed by atoms with E-state index < -0.39 is 22.8 Å². The van der Waals surface area contributed by atoms with Gasteiger partial charge >= 0.3 is 5.97 Å². The maximum Gasteiger partial charge on any atom is 0.341 e. The normalized spacial score (nSPS) is 19.2. The number of pyridine rings is 2. The molecule has 152 valence electrons. The smallest absolute Gasteiger partial charge is 0.341 e. The molecule has 9 nitrogen and oxygen atoms in total. The summed E-state index contributed by atoms with van der Waals surface area (Å²) in [6.45, 7) is 0.894. The highest BCUT2D eigenvalue weighted by Crippen LogP contribution is 2.27. The molecule has 1 saturated heterocycles. The number of ether oxygens (including phenoxy) is 1. The van der Waals surface area contributed by atoms with E-state index in [9.17, 15) is 19.1 Å². The van der Waals surface area contributed by atoms with E-state index >= 15 is 0 Å². The molecule has 0 bridgehead atoms. The lowest BCUT2D eigenvalue weighted by atomic mass is 10.2. The standard InChI is InChI=1S/C18H18FN5O4S/c1-20-12-7-23(8-13(12)28-2)16-11(19)5-9-14(25)10(17(26)27)6-24(15(9)22-16)18-21-3-4-29-18/h3-6,12-13,20H,7-8H2,1-2H3,(H,26,27)/t12-,13-/m0/s1. The quantitative estimate of drug-likeness (QED) is 0.633. The van der Waals surface area contributed by atoms with Gasteiger partial charge in [0.05, 0.1) is 17.5 Å². The van der Waals surface area contributed by atoms with Crippen molar-refractivity contribution >= 4 is 34.2 Å². The van der Waals surface area contributed by atoms with Crippen molar-refractivity contribution in [3.63, 3.8) is 0 Å². The van der Waals surface area contributed by atoms with Crippen LogP contribution in [0.1, 0.15) is 10.4 Å². The number of hydrogen-bond acceptors (Lipinski definition) is 8. The van der Waals surface area contributed by atoms with Crippen molar-refractivity contribution in [1.29, 1.82) is 0 Å².